The summed E-state index contributed by atoms with van der Waals surface area (Å²) in [5, 5.41) is 9.31. The molecule has 0 fully saturated rings. The summed E-state index contributed by atoms with van der Waals surface area (Å²) in [4.78, 5) is 20.6. The maximum Gasteiger partial charge on any atom is 0.326 e. The van der Waals surface area contributed by atoms with Gasteiger partial charge in [0.1, 0.15) is 5.75 Å². The number of anilines is 1. The molecule has 4 aromatic rings. The molecule has 3 heterocycles. The molecule has 0 spiro atoms. The number of allylic oxidation sites excluding steroid dienone is 1. The zero-order chi connectivity index (χ0) is 23.7. The van der Waals surface area contributed by atoms with Crippen LogP contribution in [0.2, 0.25) is 0 Å². The highest BCUT2D eigenvalue weighted by Crippen LogP contribution is 2.40. The van der Waals surface area contributed by atoms with E-state index in [9.17, 15) is 4.79 Å². The zero-order valence-corrected chi connectivity index (χ0v) is 19.9. The van der Waals surface area contributed by atoms with Crippen molar-refractivity contribution < 1.29 is 14.1 Å². The van der Waals surface area contributed by atoms with Gasteiger partial charge in [-0.05, 0) is 60.2 Å². The van der Waals surface area contributed by atoms with Crippen LogP contribution in [0.3, 0.4) is 0 Å². The topological polar surface area (TPSA) is 80.5 Å². The van der Waals surface area contributed by atoms with Crippen LogP contribution in [0.4, 0.5) is 10.5 Å². The molecule has 2 aromatic heterocycles. The third kappa shape index (κ3) is 3.97. The summed E-state index contributed by atoms with van der Waals surface area (Å²) in [6, 6.07) is 18.8. The minimum absolute atomic E-state index is 0.226. The summed E-state index contributed by atoms with van der Waals surface area (Å²) in [6.07, 6.45) is 0.929. The fraction of sp³-hybridized carbons (Fsp3) is 0.192. The molecule has 0 bridgehead atoms. The predicted octanol–water partition coefficient (Wildman–Crippen LogP) is 6.07. The Balaban J connectivity index is 1.65. The van der Waals surface area contributed by atoms with Crippen LogP contribution < -0.4 is 15.0 Å². The Morgan fingerprint density at radius 2 is 1.97 bits per heavy atom. The standard InChI is InChI=1S/C26H24N4O3S/c1-4-17-10-12-19(13-11-17)30-16(2)22(25-28-24(29-33-25)21-9-6-14-34-21)23(27-26(30)31)18-7-5-8-20(15-18)32-3/h5-15,23H,4H2,1-3H3,(H,27,31). The van der Waals surface area contributed by atoms with E-state index in [0.29, 0.717) is 17.5 Å². The van der Waals surface area contributed by atoms with Gasteiger partial charge in [0.2, 0.25) is 5.82 Å². The number of amides is 2. The number of aromatic nitrogens is 2. The Morgan fingerprint density at radius 1 is 1.15 bits per heavy atom. The largest absolute Gasteiger partial charge is 0.497 e. The first-order chi connectivity index (χ1) is 16.6. The van der Waals surface area contributed by atoms with Crippen molar-refractivity contribution in [1.82, 2.24) is 15.5 Å². The number of carbonyl (C=O) groups is 1. The van der Waals surface area contributed by atoms with E-state index in [-0.39, 0.29) is 6.03 Å². The lowest BCUT2D eigenvalue weighted by atomic mass is 9.94. The number of nitrogens with zero attached hydrogens (tertiary/aromatic N) is 3. The number of carbonyl (C=O) groups excluding carboxylic acids is 1. The van der Waals surface area contributed by atoms with Crippen LogP contribution >= 0.6 is 11.3 Å². The molecular weight excluding hydrogens is 448 g/mol. The Morgan fingerprint density at radius 3 is 2.68 bits per heavy atom. The van der Waals surface area contributed by atoms with E-state index in [1.165, 1.54) is 5.56 Å². The molecule has 0 saturated carbocycles. The van der Waals surface area contributed by atoms with Crippen LogP contribution in [0.25, 0.3) is 16.3 Å². The lowest BCUT2D eigenvalue weighted by molar-refractivity contribution is 0.244. The minimum atomic E-state index is -0.481. The maximum absolute atomic E-state index is 13.4. The maximum atomic E-state index is 13.4. The van der Waals surface area contributed by atoms with Crippen molar-refractivity contribution in [3.8, 4) is 16.5 Å². The first-order valence-electron chi connectivity index (χ1n) is 11.0. The Kier molecular flexibility index (Phi) is 5.90. The van der Waals surface area contributed by atoms with Crippen molar-refractivity contribution in [1.29, 1.82) is 0 Å². The Hall–Kier alpha value is -3.91. The summed E-state index contributed by atoms with van der Waals surface area (Å²) < 4.78 is 11.2. The van der Waals surface area contributed by atoms with Gasteiger partial charge in [-0.1, -0.05) is 42.4 Å². The van der Waals surface area contributed by atoms with Crippen LogP contribution in [0.15, 0.2) is 76.3 Å². The molecular formula is C26H24N4O3S. The van der Waals surface area contributed by atoms with Gasteiger partial charge in [-0.3, -0.25) is 4.90 Å². The van der Waals surface area contributed by atoms with E-state index in [2.05, 4.69) is 17.4 Å². The van der Waals surface area contributed by atoms with Crippen LogP contribution in [-0.4, -0.2) is 23.3 Å². The van der Waals surface area contributed by atoms with E-state index in [0.717, 1.165) is 33.8 Å². The molecule has 1 unspecified atom stereocenters. The molecule has 1 aliphatic heterocycles. The second kappa shape index (κ2) is 9.15. The van der Waals surface area contributed by atoms with Gasteiger partial charge in [0, 0.05) is 5.70 Å². The third-order valence-electron chi connectivity index (χ3n) is 5.91. The zero-order valence-electron chi connectivity index (χ0n) is 19.1. The summed E-state index contributed by atoms with van der Waals surface area (Å²) in [5.41, 5.74) is 4.30. The number of rotatable bonds is 6. The van der Waals surface area contributed by atoms with Crippen LogP contribution in [0.1, 0.15) is 36.9 Å². The number of benzene rings is 2. The predicted molar refractivity (Wildman–Crippen MR) is 133 cm³/mol. The smallest absolute Gasteiger partial charge is 0.326 e. The highest BCUT2D eigenvalue weighted by Gasteiger charge is 2.36. The van der Waals surface area contributed by atoms with E-state index in [1.807, 2.05) is 73.0 Å². The second-order valence-corrected chi connectivity index (χ2v) is 8.86. The summed E-state index contributed by atoms with van der Waals surface area (Å²) in [6.45, 7) is 4.01. The highest BCUT2D eigenvalue weighted by atomic mass is 32.1. The van der Waals surface area contributed by atoms with Crippen molar-refractivity contribution in [3.63, 3.8) is 0 Å². The Bertz CT molecular complexity index is 1340. The van der Waals surface area contributed by atoms with Gasteiger partial charge in [-0.25, -0.2) is 4.79 Å². The third-order valence-corrected chi connectivity index (χ3v) is 6.78. The molecule has 34 heavy (non-hydrogen) atoms. The first kappa shape index (κ1) is 21.9. The lowest BCUT2D eigenvalue weighted by Gasteiger charge is -2.35. The molecule has 1 N–H and O–H groups in total. The van der Waals surface area contributed by atoms with Crippen LogP contribution in [0.5, 0.6) is 5.75 Å². The molecule has 0 aliphatic carbocycles. The van der Waals surface area contributed by atoms with Gasteiger partial charge in [0.25, 0.3) is 5.89 Å². The summed E-state index contributed by atoms with van der Waals surface area (Å²) in [5.74, 6) is 1.58. The molecule has 8 heteroatoms. The van der Waals surface area contributed by atoms with E-state index in [4.69, 9.17) is 14.2 Å². The molecule has 1 atom stereocenters. The van der Waals surface area contributed by atoms with Crippen molar-refractivity contribution in [2.45, 2.75) is 26.3 Å². The van der Waals surface area contributed by atoms with Gasteiger partial charge in [0.15, 0.2) is 0 Å². The van der Waals surface area contributed by atoms with E-state index >= 15 is 0 Å². The molecule has 0 radical (unpaired) electrons. The molecule has 0 saturated heterocycles. The number of aryl methyl sites for hydroxylation is 1. The monoisotopic (exact) mass is 472 g/mol. The fourth-order valence-corrected chi connectivity index (χ4v) is 4.77. The average molecular weight is 473 g/mol. The quantitative estimate of drug-likeness (QED) is 0.368. The summed E-state index contributed by atoms with van der Waals surface area (Å²) in [7, 11) is 1.62. The van der Waals surface area contributed by atoms with Gasteiger partial charge in [-0.15, -0.1) is 11.3 Å². The average Bonchev–Trinajstić information content (AvgIpc) is 3.56. The molecule has 2 amide bonds. The SMILES string of the molecule is CCc1ccc(N2C(=O)NC(c3cccc(OC)c3)C(c3nc(-c4cccs4)no3)=C2C)cc1. The number of ether oxygens (including phenoxy) is 1. The molecule has 5 rings (SSSR count). The van der Waals surface area contributed by atoms with Gasteiger partial charge in [-0.2, -0.15) is 4.98 Å². The van der Waals surface area contributed by atoms with Crippen molar-refractivity contribution >= 4 is 28.6 Å². The van der Waals surface area contributed by atoms with Crippen LogP contribution in [-0.2, 0) is 6.42 Å². The number of urea groups is 1. The highest BCUT2D eigenvalue weighted by molar-refractivity contribution is 7.13. The number of methoxy groups -OCH3 is 1. The van der Waals surface area contributed by atoms with Crippen LogP contribution in [0, 0.1) is 0 Å². The first-order valence-corrected chi connectivity index (χ1v) is 11.9. The number of thiophene rings is 1. The van der Waals surface area contributed by atoms with Gasteiger partial charge in [0.05, 0.1) is 29.3 Å². The lowest BCUT2D eigenvalue weighted by Crippen LogP contribution is -2.46. The van der Waals surface area contributed by atoms with Crippen molar-refractivity contribution in [2.24, 2.45) is 0 Å². The molecule has 172 valence electrons. The minimum Gasteiger partial charge on any atom is -0.497 e. The van der Waals surface area contributed by atoms with Crippen molar-refractivity contribution in [2.75, 3.05) is 12.0 Å². The number of hydrogen-bond donors (Lipinski definition) is 1. The number of nitrogens with one attached hydrogen (secondary N) is 1. The molecule has 7 nitrogen and oxygen atoms in total. The normalized spacial score (nSPS) is 16.0. The molecule has 2 aromatic carbocycles. The summed E-state index contributed by atoms with van der Waals surface area (Å²) >= 11 is 1.54. The Labute approximate surface area is 201 Å². The van der Waals surface area contributed by atoms with Crippen molar-refractivity contribution in [3.05, 3.63) is 88.8 Å². The molecule has 1 aliphatic rings. The second-order valence-electron chi connectivity index (χ2n) is 7.91. The van der Waals surface area contributed by atoms with Gasteiger partial charge >= 0.3 is 6.03 Å². The fourth-order valence-electron chi connectivity index (χ4n) is 4.12. The number of hydrogen-bond acceptors (Lipinski definition) is 6. The van der Waals surface area contributed by atoms with E-state index < -0.39 is 6.04 Å². The van der Waals surface area contributed by atoms with Gasteiger partial charge < -0.3 is 14.6 Å². The van der Waals surface area contributed by atoms with E-state index in [1.54, 1.807) is 23.3 Å².